The SMILES string of the molecule is C=CCNC(=O)/C(C#N)=C/c1ccc(OC(=O)COc2ccc(Br)cc2Br)c(OC)c1. The zero-order chi connectivity index (χ0) is 22.8. The van der Waals surface area contributed by atoms with Crippen molar-refractivity contribution in [1.82, 2.24) is 5.32 Å². The van der Waals surface area contributed by atoms with Gasteiger partial charge in [-0.15, -0.1) is 6.58 Å². The minimum absolute atomic E-state index is 0.0814. The molecule has 7 nitrogen and oxygen atoms in total. The number of carbonyl (C=O) groups excluding carboxylic acids is 2. The van der Waals surface area contributed by atoms with Crippen LogP contribution in [0, 0.1) is 11.3 Å². The molecule has 0 aliphatic heterocycles. The van der Waals surface area contributed by atoms with Crippen molar-refractivity contribution in [2.75, 3.05) is 20.3 Å². The first-order valence-electron chi connectivity index (χ1n) is 8.85. The third-order valence-corrected chi connectivity index (χ3v) is 4.85. The predicted octanol–water partition coefficient (Wildman–Crippen LogP) is 4.41. The first-order chi connectivity index (χ1) is 14.9. The number of rotatable bonds is 9. The van der Waals surface area contributed by atoms with Gasteiger partial charge in [0, 0.05) is 11.0 Å². The van der Waals surface area contributed by atoms with Gasteiger partial charge >= 0.3 is 5.97 Å². The van der Waals surface area contributed by atoms with Crippen LogP contribution in [0.1, 0.15) is 5.56 Å². The van der Waals surface area contributed by atoms with Crippen molar-refractivity contribution in [3.63, 3.8) is 0 Å². The second kappa shape index (κ2) is 11.9. The van der Waals surface area contributed by atoms with E-state index in [1.807, 2.05) is 6.07 Å². The maximum atomic E-state index is 12.2. The summed E-state index contributed by atoms with van der Waals surface area (Å²) in [5, 5.41) is 11.8. The van der Waals surface area contributed by atoms with Crippen LogP contribution in [0.25, 0.3) is 6.08 Å². The number of nitrogens with one attached hydrogen (secondary N) is 1. The van der Waals surface area contributed by atoms with Crippen LogP contribution in [-0.2, 0) is 9.59 Å². The zero-order valence-electron chi connectivity index (χ0n) is 16.5. The largest absolute Gasteiger partial charge is 0.493 e. The Bertz CT molecular complexity index is 1060. The quantitative estimate of drug-likeness (QED) is 0.163. The molecule has 0 spiro atoms. The summed E-state index contributed by atoms with van der Waals surface area (Å²) in [5.41, 5.74) is 0.444. The van der Waals surface area contributed by atoms with Crippen LogP contribution in [0.15, 0.2) is 63.6 Å². The first-order valence-corrected chi connectivity index (χ1v) is 10.4. The molecule has 0 heterocycles. The minimum Gasteiger partial charge on any atom is -0.493 e. The molecule has 0 aliphatic carbocycles. The number of amides is 1. The van der Waals surface area contributed by atoms with Crippen molar-refractivity contribution in [3.8, 4) is 23.3 Å². The molecule has 0 aliphatic rings. The molecule has 0 saturated heterocycles. The van der Waals surface area contributed by atoms with Crippen LogP contribution < -0.4 is 19.5 Å². The van der Waals surface area contributed by atoms with E-state index in [9.17, 15) is 14.9 Å². The summed E-state index contributed by atoms with van der Waals surface area (Å²) in [7, 11) is 1.41. The average molecular weight is 550 g/mol. The molecule has 0 aromatic heterocycles. The number of methoxy groups -OCH3 is 1. The van der Waals surface area contributed by atoms with Gasteiger partial charge in [-0.25, -0.2) is 4.79 Å². The van der Waals surface area contributed by atoms with Gasteiger partial charge in [-0.05, 0) is 57.9 Å². The fourth-order valence-corrected chi connectivity index (χ4v) is 3.48. The molecule has 0 saturated carbocycles. The molecule has 1 amide bonds. The van der Waals surface area contributed by atoms with E-state index in [0.717, 1.165) is 4.47 Å². The van der Waals surface area contributed by atoms with E-state index in [1.54, 1.807) is 30.3 Å². The van der Waals surface area contributed by atoms with Gasteiger partial charge in [0.1, 0.15) is 17.4 Å². The number of halogens is 2. The van der Waals surface area contributed by atoms with Gasteiger partial charge in [0.2, 0.25) is 0 Å². The molecule has 0 bridgehead atoms. The Morgan fingerprint density at radius 1 is 1.16 bits per heavy atom. The van der Waals surface area contributed by atoms with E-state index >= 15 is 0 Å². The lowest BCUT2D eigenvalue weighted by molar-refractivity contribution is -0.136. The lowest BCUT2D eigenvalue weighted by atomic mass is 10.1. The fraction of sp³-hybridized carbons (Fsp3) is 0.136. The summed E-state index contributed by atoms with van der Waals surface area (Å²) in [4.78, 5) is 24.2. The summed E-state index contributed by atoms with van der Waals surface area (Å²) >= 11 is 6.70. The number of nitrogens with zero attached hydrogens (tertiary/aromatic N) is 1. The molecule has 2 rings (SSSR count). The Labute approximate surface area is 196 Å². The van der Waals surface area contributed by atoms with Crippen molar-refractivity contribution < 1.29 is 23.8 Å². The summed E-state index contributed by atoms with van der Waals surface area (Å²) in [5.74, 6) is -0.217. The van der Waals surface area contributed by atoms with Crippen molar-refractivity contribution >= 4 is 49.8 Å². The second-order valence-electron chi connectivity index (χ2n) is 5.92. The summed E-state index contributed by atoms with van der Waals surface area (Å²) in [6.07, 6.45) is 2.92. The highest BCUT2D eigenvalue weighted by Crippen LogP contribution is 2.30. The van der Waals surface area contributed by atoms with Crippen LogP contribution in [-0.4, -0.2) is 32.1 Å². The van der Waals surface area contributed by atoms with E-state index in [0.29, 0.717) is 15.8 Å². The van der Waals surface area contributed by atoms with E-state index in [1.165, 1.54) is 25.3 Å². The number of hydrogen-bond acceptors (Lipinski definition) is 6. The Hall–Kier alpha value is -3.09. The third kappa shape index (κ3) is 7.27. The van der Waals surface area contributed by atoms with Crippen molar-refractivity contribution in [1.29, 1.82) is 5.26 Å². The van der Waals surface area contributed by atoms with E-state index < -0.39 is 11.9 Å². The highest BCUT2D eigenvalue weighted by molar-refractivity contribution is 9.11. The number of hydrogen-bond donors (Lipinski definition) is 1. The molecule has 2 aromatic rings. The van der Waals surface area contributed by atoms with Gasteiger partial charge < -0.3 is 19.5 Å². The summed E-state index contributed by atoms with van der Waals surface area (Å²) < 4.78 is 17.6. The Kier molecular flexibility index (Phi) is 9.31. The van der Waals surface area contributed by atoms with Gasteiger partial charge in [0.15, 0.2) is 18.1 Å². The fourth-order valence-electron chi connectivity index (χ4n) is 2.31. The molecule has 160 valence electrons. The van der Waals surface area contributed by atoms with E-state index in [2.05, 4.69) is 43.8 Å². The van der Waals surface area contributed by atoms with Gasteiger partial charge in [-0.2, -0.15) is 5.26 Å². The average Bonchev–Trinajstić information content (AvgIpc) is 2.75. The molecular weight excluding hydrogens is 532 g/mol. The third-order valence-electron chi connectivity index (χ3n) is 3.73. The van der Waals surface area contributed by atoms with Gasteiger partial charge in [-0.3, -0.25) is 4.79 Å². The number of ether oxygens (including phenoxy) is 3. The smallest absolute Gasteiger partial charge is 0.349 e. The van der Waals surface area contributed by atoms with Crippen LogP contribution >= 0.6 is 31.9 Å². The van der Waals surface area contributed by atoms with Crippen LogP contribution in [0.3, 0.4) is 0 Å². The van der Waals surface area contributed by atoms with Crippen molar-refractivity contribution in [2.24, 2.45) is 0 Å². The highest BCUT2D eigenvalue weighted by atomic mass is 79.9. The lowest BCUT2D eigenvalue weighted by Crippen LogP contribution is -2.24. The first kappa shape index (κ1) is 24.2. The van der Waals surface area contributed by atoms with Gasteiger partial charge in [0.25, 0.3) is 5.91 Å². The van der Waals surface area contributed by atoms with E-state index in [-0.39, 0.29) is 30.2 Å². The maximum Gasteiger partial charge on any atom is 0.349 e. The van der Waals surface area contributed by atoms with Crippen molar-refractivity contribution in [3.05, 3.63) is 69.1 Å². The monoisotopic (exact) mass is 548 g/mol. The standard InChI is InChI=1S/C22H18Br2N2O5/c1-3-8-26-22(28)15(12-25)9-14-4-6-19(20(10-14)29-2)31-21(27)13-30-18-7-5-16(23)11-17(18)24/h3-7,9-11H,1,8,13H2,2H3,(H,26,28)/b15-9+. The molecule has 9 heteroatoms. The minimum atomic E-state index is -0.627. The Balaban J connectivity index is 2.09. The lowest BCUT2D eigenvalue weighted by Gasteiger charge is -2.11. The Morgan fingerprint density at radius 3 is 2.55 bits per heavy atom. The molecule has 0 radical (unpaired) electrons. The topological polar surface area (TPSA) is 97.7 Å². The van der Waals surface area contributed by atoms with Gasteiger partial charge in [0.05, 0.1) is 11.6 Å². The van der Waals surface area contributed by atoms with E-state index in [4.69, 9.17) is 14.2 Å². The summed E-state index contributed by atoms with van der Waals surface area (Å²) in [6, 6.07) is 11.8. The van der Waals surface area contributed by atoms with Crippen LogP contribution in [0.2, 0.25) is 0 Å². The molecule has 0 atom stereocenters. The second-order valence-corrected chi connectivity index (χ2v) is 7.69. The van der Waals surface area contributed by atoms with Crippen molar-refractivity contribution in [2.45, 2.75) is 0 Å². The Morgan fingerprint density at radius 2 is 1.90 bits per heavy atom. The normalized spacial score (nSPS) is 10.6. The van der Waals surface area contributed by atoms with Gasteiger partial charge in [-0.1, -0.05) is 28.1 Å². The summed E-state index contributed by atoms with van der Waals surface area (Å²) in [6.45, 7) is 3.44. The van der Waals surface area contributed by atoms with Crippen LogP contribution in [0.4, 0.5) is 0 Å². The zero-order valence-corrected chi connectivity index (χ0v) is 19.7. The number of carbonyl (C=O) groups is 2. The molecule has 31 heavy (non-hydrogen) atoms. The molecular formula is C22H18Br2N2O5. The highest BCUT2D eigenvalue weighted by Gasteiger charge is 2.14. The number of esters is 1. The number of nitriles is 1. The predicted molar refractivity (Wildman–Crippen MR) is 123 cm³/mol. The molecule has 0 unspecified atom stereocenters. The molecule has 0 fully saturated rings. The van der Waals surface area contributed by atoms with Crippen LogP contribution in [0.5, 0.6) is 17.2 Å². The molecule has 1 N–H and O–H groups in total. The molecule has 2 aromatic carbocycles. The number of benzene rings is 2. The maximum absolute atomic E-state index is 12.2.